The van der Waals surface area contributed by atoms with Crippen molar-refractivity contribution in [1.82, 2.24) is 20.2 Å². The third-order valence-corrected chi connectivity index (χ3v) is 3.45. The number of hydrogen-bond donors (Lipinski definition) is 0. The first-order chi connectivity index (χ1) is 10.1. The highest BCUT2D eigenvalue weighted by atomic mass is 35.5. The molecule has 0 spiro atoms. The number of hydrogen-bond acceptors (Lipinski definition) is 4. The molecule has 0 amide bonds. The van der Waals surface area contributed by atoms with Gasteiger partial charge in [0.25, 0.3) is 0 Å². The summed E-state index contributed by atoms with van der Waals surface area (Å²) in [6.45, 7) is 0. The molecule has 2 aromatic carbocycles. The average molecular weight is 319 g/mol. The van der Waals surface area contributed by atoms with E-state index in [1.165, 1.54) is 11.1 Å². The Morgan fingerprint density at radius 1 is 1.05 bits per heavy atom. The fourth-order valence-corrected chi connectivity index (χ4v) is 2.23. The molecule has 0 atom stereocenters. The zero-order valence-electron chi connectivity index (χ0n) is 10.6. The Morgan fingerprint density at radius 3 is 2.48 bits per heavy atom. The summed E-state index contributed by atoms with van der Waals surface area (Å²) in [7, 11) is 0. The third kappa shape index (κ3) is 2.79. The Hall–Kier alpha value is -2.24. The van der Waals surface area contributed by atoms with E-state index >= 15 is 0 Å². The van der Waals surface area contributed by atoms with Crippen molar-refractivity contribution in [3.8, 4) is 5.69 Å². The van der Waals surface area contributed by atoms with Crippen LogP contribution in [-0.2, 0) is 0 Å². The van der Waals surface area contributed by atoms with E-state index in [1.807, 2.05) is 0 Å². The summed E-state index contributed by atoms with van der Waals surface area (Å²) in [5.74, 6) is -0.194. The van der Waals surface area contributed by atoms with Gasteiger partial charge in [-0.2, -0.15) is 0 Å². The van der Waals surface area contributed by atoms with Crippen molar-refractivity contribution in [3.63, 3.8) is 0 Å². The second kappa shape index (κ2) is 5.63. The number of ketones is 1. The third-order valence-electron chi connectivity index (χ3n) is 2.88. The Kier molecular flexibility index (Phi) is 3.68. The highest BCUT2D eigenvalue weighted by Gasteiger charge is 2.13. The maximum atomic E-state index is 12.4. The van der Waals surface area contributed by atoms with Crippen LogP contribution in [0, 0.1) is 0 Å². The van der Waals surface area contributed by atoms with Crippen molar-refractivity contribution in [2.45, 2.75) is 0 Å². The lowest BCUT2D eigenvalue weighted by Crippen LogP contribution is -2.04. The molecule has 104 valence electrons. The van der Waals surface area contributed by atoms with Gasteiger partial charge in [-0.25, -0.2) is 0 Å². The number of tetrazole rings is 1. The molecule has 0 bridgehead atoms. The fraction of sp³-hybridized carbons (Fsp3) is 0. The zero-order chi connectivity index (χ0) is 14.8. The molecular formula is C14H8Cl2N4O. The fourth-order valence-electron chi connectivity index (χ4n) is 1.86. The van der Waals surface area contributed by atoms with Crippen molar-refractivity contribution in [1.29, 1.82) is 0 Å². The number of rotatable bonds is 3. The molecule has 0 fully saturated rings. The van der Waals surface area contributed by atoms with Crippen LogP contribution in [0.15, 0.2) is 48.8 Å². The van der Waals surface area contributed by atoms with E-state index in [4.69, 9.17) is 23.2 Å². The highest BCUT2D eigenvalue weighted by Crippen LogP contribution is 2.23. The zero-order valence-corrected chi connectivity index (χ0v) is 12.1. The SMILES string of the molecule is O=C(c1ccc(-n2ncnn2)cc1)c1cc(Cl)ccc1Cl. The molecule has 0 aliphatic carbocycles. The van der Waals surface area contributed by atoms with Gasteiger partial charge in [0.05, 0.1) is 10.7 Å². The number of carbonyl (C=O) groups excluding carboxylic acids is 1. The number of carbonyl (C=O) groups is 1. The largest absolute Gasteiger partial charge is 0.289 e. The minimum Gasteiger partial charge on any atom is -0.289 e. The normalized spacial score (nSPS) is 10.6. The van der Waals surface area contributed by atoms with Gasteiger partial charge in [0.15, 0.2) is 12.1 Å². The van der Waals surface area contributed by atoms with E-state index in [0.29, 0.717) is 26.9 Å². The van der Waals surface area contributed by atoms with E-state index in [0.717, 1.165) is 0 Å². The van der Waals surface area contributed by atoms with Gasteiger partial charge in [-0.3, -0.25) is 4.79 Å². The lowest BCUT2D eigenvalue weighted by molar-refractivity contribution is 0.103. The van der Waals surface area contributed by atoms with E-state index in [-0.39, 0.29) is 5.78 Å². The molecule has 3 rings (SSSR count). The molecule has 5 nitrogen and oxygen atoms in total. The minimum atomic E-state index is -0.194. The summed E-state index contributed by atoms with van der Waals surface area (Å²) in [5.41, 5.74) is 1.58. The van der Waals surface area contributed by atoms with Crippen LogP contribution in [0.25, 0.3) is 5.69 Å². The molecule has 0 aliphatic heterocycles. The average Bonchev–Trinajstić information content (AvgIpc) is 3.03. The molecule has 0 saturated carbocycles. The van der Waals surface area contributed by atoms with Gasteiger partial charge in [0.2, 0.25) is 0 Å². The van der Waals surface area contributed by atoms with Crippen LogP contribution in [0.1, 0.15) is 15.9 Å². The molecule has 0 aliphatic rings. The molecular weight excluding hydrogens is 311 g/mol. The first-order valence-corrected chi connectivity index (χ1v) is 6.74. The summed E-state index contributed by atoms with van der Waals surface area (Å²) in [4.78, 5) is 13.8. The molecule has 0 radical (unpaired) electrons. The molecule has 1 heterocycles. The minimum absolute atomic E-state index is 0.194. The van der Waals surface area contributed by atoms with Gasteiger partial charge in [0.1, 0.15) is 0 Å². The maximum Gasteiger partial charge on any atom is 0.194 e. The number of aromatic nitrogens is 4. The summed E-state index contributed by atoms with van der Waals surface area (Å²) in [6, 6.07) is 11.6. The van der Waals surface area contributed by atoms with Crippen molar-refractivity contribution < 1.29 is 4.79 Å². The van der Waals surface area contributed by atoms with Crippen LogP contribution in [0.5, 0.6) is 0 Å². The van der Waals surface area contributed by atoms with Crippen molar-refractivity contribution >= 4 is 29.0 Å². The standard InChI is InChI=1S/C14H8Cl2N4O/c15-10-3-6-13(16)12(7-10)14(21)9-1-4-11(5-2-9)20-18-8-17-19-20/h1-8H. The van der Waals surface area contributed by atoms with Crippen LogP contribution in [-0.4, -0.2) is 26.0 Å². The Morgan fingerprint density at radius 2 is 1.81 bits per heavy atom. The molecule has 3 aromatic rings. The molecule has 0 saturated heterocycles. The van der Waals surface area contributed by atoms with E-state index in [1.54, 1.807) is 42.5 Å². The van der Waals surface area contributed by atoms with Gasteiger partial charge in [0, 0.05) is 16.1 Å². The first kappa shape index (κ1) is 13.7. The van der Waals surface area contributed by atoms with Crippen LogP contribution in [0.4, 0.5) is 0 Å². The van der Waals surface area contributed by atoms with Crippen LogP contribution >= 0.6 is 23.2 Å². The second-order valence-corrected chi connectivity index (χ2v) is 5.07. The number of halogens is 2. The lowest BCUT2D eigenvalue weighted by Gasteiger charge is -2.05. The number of benzene rings is 2. The predicted octanol–water partition coefficient (Wildman–Crippen LogP) is 3.20. The number of nitrogens with zero attached hydrogens (tertiary/aromatic N) is 4. The first-order valence-electron chi connectivity index (χ1n) is 5.98. The van der Waals surface area contributed by atoms with Crippen molar-refractivity contribution in [3.05, 3.63) is 70.0 Å². The van der Waals surface area contributed by atoms with E-state index in [9.17, 15) is 4.79 Å². The molecule has 0 N–H and O–H groups in total. The Balaban J connectivity index is 1.93. The van der Waals surface area contributed by atoms with Gasteiger partial charge in [-0.1, -0.05) is 23.2 Å². The summed E-state index contributed by atoms with van der Waals surface area (Å²) in [5, 5.41) is 12.2. The quantitative estimate of drug-likeness (QED) is 0.696. The maximum absolute atomic E-state index is 12.4. The topological polar surface area (TPSA) is 60.7 Å². The van der Waals surface area contributed by atoms with Crippen LogP contribution in [0.3, 0.4) is 0 Å². The molecule has 1 aromatic heterocycles. The van der Waals surface area contributed by atoms with Crippen LogP contribution in [0.2, 0.25) is 10.0 Å². The second-order valence-electron chi connectivity index (χ2n) is 4.23. The van der Waals surface area contributed by atoms with Gasteiger partial charge in [-0.15, -0.1) is 15.0 Å². The molecule has 7 heteroatoms. The molecule has 0 unspecified atom stereocenters. The molecule has 21 heavy (non-hydrogen) atoms. The van der Waals surface area contributed by atoms with Gasteiger partial charge >= 0.3 is 0 Å². The summed E-state index contributed by atoms with van der Waals surface area (Å²) in [6.07, 6.45) is 1.34. The van der Waals surface area contributed by atoms with Crippen molar-refractivity contribution in [2.24, 2.45) is 0 Å². The lowest BCUT2D eigenvalue weighted by atomic mass is 10.0. The summed E-state index contributed by atoms with van der Waals surface area (Å²) < 4.78 is 0. The van der Waals surface area contributed by atoms with Crippen LogP contribution < -0.4 is 0 Å². The highest BCUT2D eigenvalue weighted by molar-refractivity contribution is 6.36. The Labute approximate surface area is 130 Å². The Bertz CT molecular complexity index is 785. The monoisotopic (exact) mass is 318 g/mol. The van der Waals surface area contributed by atoms with Gasteiger partial charge in [-0.05, 0) is 47.7 Å². The predicted molar refractivity (Wildman–Crippen MR) is 79.0 cm³/mol. The van der Waals surface area contributed by atoms with E-state index < -0.39 is 0 Å². The van der Waals surface area contributed by atoms with Gasteiger partial charge < -0.3 is 0 Å². The van der Waals surface area contributed by atoms with Crippen molar-refractivity contribution in [2.75, 3.05) is 0 Å². The smallest absolute Gasteiger partial charge is 0.194 e. The van der Waals surface area contributed by atoms with E-state index in [2.05, 4.69) is 15.4 Å². The summed E-state index contributed by atoms with van der Waals surface area (Å²) >= 11 is 11.9.